The van der Waals surface area contributed by atoms with Crippen LogP contribution in [0.15, 0.2) is 30.3 Å². The van der Waals surface area contributed by atoms with Crippen LogP contribution in [0.2, 0.25) is 0 Å². The molecule has 0 saturated heterocycles. The quantitative estimate of drug-likeness (QED) is 0.675. The fourth-order valence-electron chi connectivity index (χ4n) is 2.01. The third kappa shape index (κ3) is 6.77. The molecule has 0 heterocycles. The maximum atomic E-state index is 3.50. The van der Waals surface area contributed by atoms with Crippen molar-refractivity contribution in [1.82, 2.24) is 10.2 Å². The van der Waals surface area contributed by atoms with Gasteiger partial charge in [0.2, 0.25) is 0 Å². The lowest BCUT2D eigenvalue weighted by atomic mass is 10.2. The minimum atomic E-state index is 0.747. The molecule has 2 heteroatoms. The molecule has 0 atom stereocenters. The number of hydrogen-bond donors (Lipinski definition) is 1. The zero-order valence-corrected chi connectivity index (χ0v) is 12.2. The average Bonchev–Trinajstić information content (AvgIpc) is 2.38. The molecule has 0 spiro atoms. The van der Waals surface area contributed by atoms with Crippen molar-refractivity contribution in [2.45, 2.75) is 33.7 Å². The summed E-state index contributed by atoms with van der Waals surface area (Å²) in [4.78, 5) is 2.51. The molecule has 0 saturated carbocycles. The van der Waals surface area contributed by atoms with E-state index in [1.54, 1.807) is 0 Å². The Bertz CT molecular complexity index is 295. The van der Waals surface area contributed by atoms with E-state index in [2.05, 4.69) is 61.3 Å². The van der Waals surface area contributed by atoms with E-state index < -0.39 is 0 Å². The number of nitrogens with zero attached hydrogens (tertiary/aromatic N) is 1. The van der Waals surface area contributed by atoms with Gasteiger partial charge in [-0.15, -0.1) is 0 Å². The first kappa shape index (κ1) is 15.2. The van der Waals surface area contributed by atoms with Crippen molar-refractivity contribution in [2.24, 2.45) is 5.92 Å². The van der Waals surface area contributed by atoms with Crippen molar-refractivity contribution in [1.29, 1.82) is 0 Å². The van der Waals surface area contributed by atoms with Crippen LogP contribution in [0.1, 0.15) is 32.8 Å². The Balaban J connectivity index is 2.18. The molecule has 0 fully saturated rings. The van der Waals surface area contributed by atoms with Crippen molar-refractivity contribution in [3.05, 3.63) is 35.9 Å². The van der Waals surface area contributed by atoms with E-state index in [4.69, 9.17) is 0 Å². The standard InChI is InChI=1S/C16H28N2/c1-4-18(12-8-11-17-13-15(2)3)14-16-9-6-5-7-10-16/h5-7,9-10,15,17H,4,8,11-14H2,1-3H3. The van der Waals surface area contributed by atoms with Crippen LogP contribution in [0.5, 0.6) is 0 Å². The van der Waals surface area contributed by atoms with Crippen molar-refractivity contribution >= 4 is 0 Å². The van der Waals surface area contributed by atoms with Gasteiger partial charge in [0.1, 0.15) is 0 Å². The molecule has 1 aromatic carbocycles. The summed E-state index contributed by atoms with van der Waals surface area (Å²) >= 11 is 0. The maximum Gasteiger partial charge on any atom is 0.0233 e. The van der Waals surface area contributed by atoms with Gasteiger partial charge in [-0.1, -0.05) is 51.1 Å². The number of hydrogen-bond acceptors (Lipinski definition) is 2. The summed E-state index contributed by atoms with van der Waals surface area (Å²) in [5, 5.41) is 3.50. The Morgan fingerprint density at radius 3 is 2.50 bits per heavy atom. The van der Waals surface area contributed by atoms with Gasteiger partial charge in [0.15, 0.2) is 0 Å². The molecule has 0 amide bonds. The van der Waals surface area contributed by atoms with Crippen molar-refractivity contribution in [3.8, 4) is 0 Å². The van der Waals surface area contributed by atoms with Gasteiger partial charge >= 0.3 is 0 Å². The van der Waals surface area contributed by atoms with E-state index in [1.165, 1.54) is 18.5 Å². The molecular weight excluding hydrogens is 220 g/mol. The van der Waals surface area contributed by atoms with E-state index in [-0.39, 0.29) is 0 Å². The molecule has 102 valence electrons. The summed E-state index contributed by atoms with van der Waals surface area (Å²) in [6.07, 6.45) is 1.23. The second-order valence-corrected chi connectivity index (χ2v) is 5.31. The average molecular weight is 248 g/mol. The minimum Gasteiger partial charge on any atom is -0.316 e. The van der Waals surface area contributed by atoms with Crippen LogP contribution in [0, 0.1) is 5.92 Å². The lowest BCUT2D eigenvalue weighted by Gasteiger charge is -2.20. The monoisotopic (exact) mass is 248 g/mol. The minimum absolute atomic E-state index is 0.747. The fraction of sp³-hybridized carbons (Fsp3) is 0.625. The molecule has 0 unspecified atom stereocenters. The molecule has 0 aliphatic rings. The van der Waals surface area contributed by atoms with Crippen molar-refractivity contribution in [3.63, 3.8) is 0 Å². The Labute approximate surface area is 112 Å². The van der Waals surface area contributed by atoms with Crippen LogP contribution in [0.25, 0.3) is 0 Å². The highest BCUT2D eigenvalue weighted by Gasteiger charge is 2.03. The Kier molecular flexibility index (Phi) is 7.70. The molecule has 0 aliphatic heterocycles. The summed E-state index contributed by atoms with van der Waals surface area (Å²) in [6, 6.07) is 10.7. The smallest absolute Gasteiger partial charge is 0.0233 e. The summed E-state index contributed by atoms with van der Waals surface area (Å²) in [6.45, 7) is 12.4. The van der Waals surface area contributed by atoms with Gasteiger partial charge in [0, 0.05) is 6.54 Å². The van der Waals surface area contributed by atoms with Gasteiger partial charge in [0.25, 0.3) is 0 Å². The molecule has 0 aliphatic carbocycles. The summed E-state index contributed by atoms with van der Waals surface area (Å²) < 4.78 is 0. The third-order valence-corrected chi connectivity index (χ3v) is 3.08. The zero-order valence-electron chi connectivity index (χ0n) is 12.2. The molecule has 1 aromatic rings. The van der Waals surface area contributed by atoms with E-state index in [1.807, 2.05) is 0 Å². The first-order chi connectivity index (χ1) is 8.72. The van der Waals surface area contributed by atoms with Gasteiger partial charge in [-0.3, -0.25) is 4.90 Å². The molecule has 0 bridgehead atoms. The predicted molar refractivity (Wildman–Crippen MR) is 79.7 cm³/mol. The number of benzene rings is 1. The van der Waals surface area contributed by atoms with Crippen molar-refractivity contribution in [2.75, 3.05) is 26.2 Å². The van der Waals surface area contributed by atoms with Gasteiger partial charge in [0.05, 0.1) is 0 Å². The normalized spacial score (nSPS) is 11.4. The molecular formula is C16H28N2. The molecule has 1 rings (SSSR count). The lowest BCUT2D eigenvalue weighted by Crippen LogP contribution is -2.28. The van der Waals surface area contributed by atoms with Gasteiger partial charge in [-0.25, -0.2) is 0 Å². The number of nitrogens with one attached hydrogen (secondary N) is 1. The van der Waals surface area contributed by atoms with E-state index in [9.17, 15) is 0 Å². The number of rotatable bonds is 9. The second kappa shape index (κ2) is 9.12. The Morgan fingerprint density at radius 1 is 1.17 bits per heavy atom. The SMILES string of the molecule is CCN(CCCNCC(C)C)Cc1ccccc1. The fourth-order valence-corrected chi connectivity index (χ4v) is 2.01. The van der Waals surface area contributed by atoms with E-state index in [0.717, 1.165) is 32.1 Å². The summed E-state index contributed by atoms with van der Waals surface area (Å²) in [5.74, 6) is 0.747. The van der Waals surface area contributed by atoms with Crippen LogP contribution < -0.4 is 5.32 Å². The zero-order chi connectivity index (χ0) is 13.2. The largest absolute Gasteiger partial charge is 0.316 e. The van der Waals surface area contributed by atoms with Crippen LogP contribution in [0.3, 0.4) is 0 Å². The van der Waals surface area contributed by atoms with Crippen molar-refractivity contribution < 1.29 is 0 Å². The Hall–Kier alpha value is -0.860. The molecule has 18 heavy (non-hydrogen) atoms. The lowest BCUT2D eigenvalue weighted by molar-refractivity contribution is 0.274. The Morgan fingerprint density at radius 2 is 1.89 bits per heavy atom. The first-order valence-electron chi connectivity index (χ1n) is 7.19. The molecule has 1 N–H and O–H groups in total. The summed E-state index contributed by atoms with van der Waals surface area (Å²) in [5.41, 5.74) is 1.41. The topological polar surface area (TPSA) is 15.3 Å². The highest BCUT2D eigenvalue weighted by atomic mass is 15.1. The summed E-state index contributed by atoms with van der Waals surface area (Å²) in [7, 11) is 0. The van der Waals surface area contributed by atoms with E-state index in [0.29, 0.717) is 0 Å². The van der Waals surface area contributed by atoms with Gasteiger partial charge < -0.3 is 5.32 Å². The first-order valence-corrected chi connectivity index (χ1v) is 7.19. The van der Waals surface area contributed by atoms with Gasteiger partial charge in [-0.2, -0.15) is 0 Å². The predicted octanol–water partition coefficient (Wildman–Crippen LogP) is 3.14. The highest BCUT2D eigenvalue weighted by molar-refractivity contribution is 5.14. The highest BCUT2D eigenvalue weighted by Crippen LogP contribution is 2.04. The van der Waals surface area contributed by atoms with Crippen LogP contribution in [0.4, 0.5) is 0 Å². The van der Waals surface area contributed by atoms with Gasteiger partial charge in [-0.05, 0) is 44.1 Å². The maximum absolute atomic E-state index is 3.50. The molecule has 0 radical (unpaired) electrons. The third-order valence-electron chi connectivity index (χ3n) is 3.08. The second-order valence-electron chi connectivity index (χ2n) is 5.31. The molecule has 0 aromatic heterocycles. The van der Waals surface area contributed by atoms with E-state index >= 15 is 0 Å². The molecule has 2 nitrogen and oxygen atoms in total. The van der Waals surface area contributed by atoms with Crippen LogP contribution in [-0.4, -0.2) is 31.1 Å². The van der Waals surface area contributed by atoms with Crippen LogP contribution >= 0.6 is 0 Å². The van der Waals surface area contributed by atoms with Crippen LogP contribution in [-0.2, 0) is 6.54 Å².